The van der Waals surface area contributed by atoms with Crippen LogP contribution in [-0.4, -0.2) is 21.6 Å². The molecule has 0 bridgehead atoms. The summed E-state index contributed by atoms with van der Waals surface area (Å²) in [4.78, 5) is 38.2. The smallest absolute Gasteiger partial charge is 0.271 e. The van der Waals surface area contributed by atoms with E-state index in [1.54, 1.807) is 24.3 Å². The number of fused-ring (bicyclic) bond motifs is 1. The van der Waals surface area contributed by atoms with Crippen LogP contribution in [-0.2, 0) is 11.3 Å². The van der Waals surface area contributed by atoms with E-state index in [1.807, 2.05) is 0 Å². The third-order valence-corrected chi connectivity index (χ3v) is 5.70. The van der Waals surface area contributed by atoms with Gasteiger partial charge in [-0.1, -0.05) is 57.2 Å². The van der Waals surface area contributed by atoms with E-state index >= 15 is 0 Å². The summed E-state index contributed by atoms with van der Waals surface area (Å²) in [5.74, 6) is -1.12. The highest BCUT2D eigenvalue weighted by Gasteiger charge is 2.40. The third-order valence-electron chi connectivity index (χ3n) is 5.70. The highest BCUT2D eigenvalue weighted by atomic mass is 16.2. The molecule has 3 rings (SSSR count). The van der Waals surface area contributed by atoms with Gasteiger partial charge in [0.1, 0.15) is 5.41 Å². The molecule has 2 N–H and O–H groups in total. The number of amides is 2. The Morgan fingerprint density at radius 2 is 1.83 bits per heavy atom. The fraction of sp³-hybridized carbons (Fsp3) is 0.500. The summed E-state index contributed by atoms with van der Waals surface area (Å²) in [6.45, 7) is 2.49. The van der Waals surface area contributed by atoms with Crippen LogP contribution in [0.15, 0.2) is 29.1 Å². The van der Waals surface area contributed by atoms with Gasteiger partial charge in [-0.05, 0) is 25.3 Å². The summed E-state index contributed by atoms with van der Waals surface area (Å²) in [6, 6.07) is 8.93. The molecular formula is C22H27N5O3. The number of carbonyl (C=O) groups is 2. The Labute approximate surface area is 175 Å². The molecule has 1 aliphatic carbocycles. The van der Waals surface area contributed by atoms with Crippen molar-refractivity contribution in [3.8, 4) is 6.07 Å². The molecule has 1 heterocycles. The van der Waals surface area contributed by atoms with Crippen molar-refractivity contribution < 1.29 is 9.59 Å². The van der Waals surface area contributed by atoms with E-state index in [1.165, 1.54) is 4.68 Å². The van der Waals surface area contributed by atoms with E-state index in [4.69, 9.17) is 0 Å². The first-order valence-electron chi connectivity index (χ1n) is 10.5. The van der Waals surface area contributed by atoms with Gasteiger partial charge in [-0.25, -0.2) is 4.68 Å². The maximum Gasteiger partial charge on any atom is 0.290 e. The zero-order valence-corrected chi connectivity index (χ0v) is 17.2. The highest BCUT2D eigenvalue weighted by molar-refractivity contribution is 6.05. The average molecular weight is 409 g/mol. The van der Waals surface area contributed by atoms with Crippen molar-refractivity contribution in [2.45, 2.75) is 64.8 Å². The molecule has 0 saturated heterocycles. The van der Waals surface area contributed by atoms with Crippen molar-refractivity contribution in [2.75, 3.05) is 0 Å². The van der Waals surface area contributed by atoms with Crippen molar-refractivity contribution in [1.29, 1.82) is 5.26 Å². The molecule has 8 nitrogen and oxygen atoms in total. The molecule has 1 fully saturated rings. The van der Waals surface area contributed by atoms with Crippen LogP contribution in [0.3, 0.4) is 0 Å². The maximum absolute atomic E-state index is 12.8. The molecular weight excluding hydrogens is 382 g/mol. The van der Waals surface area contributed by atoms with Gasteiger partial charge in [-0.2, -0.15) is 10.4 Å². The predicted molar refractivity (Wildman–Crippen MR) is 112 cm³/mol. The number of aromatic nitrogens is 2. The van der Waals surface area contributed by atoms with Gasteiger partial charge in [-0.3, -0.25) is 25.2 Å². The van der Waals surface area contributed by atoms with E-state index in [-0.39, 0.29) is 11.3 Å². The Kier molecular flexibility index (Phi) is 6.83. The molecule has 0 radical (unpaired) electrons. The maximum atomic E-state index is 12.8. The molecule has 0 spiro atoms. The number of aryl methyl sites for hydroxylation is 1. The highest BCUT2D eigenvalue weighted by Crippen LogP contribution is 2.35. The monoisotopic (exact) mass is 409 g/mol. The van der Waals surface area contributed by atoms with Crippen LogP contribution >= 0.6 is 0 Å². The van der Waals surface area contributed by atoms with E-state index in [0.29, 0.717) is 30.2 Å². The first-order chi connectivity index (χ1) is 14.5. The summed E-state index contributed by atoms with van der Waals surface area (Å²) < 4.78 is 1.31. The summed E-state index contributed by atoms with van der Waals surface area (Å²) in [7, 11) is 0. The number of hydrogen-bond acceptors (Lipinski definition) is 5. The minimum absolute atomic E-state index is 0.0663. The van der Waals surface area contributed by atoms with Gasteiger partial charge < -0.3 is 0 Å². The van der Waals surface area contributed by atoms with Gasteiger partial charge in [0.25, 0.3) is 17.4 Å². The van der Waals surface area contributed by atoms with Crippen molar-refractivity contribution >= 4 is 22.6 Å². The van der Waals surface area contributed by atoms with E-state index in [2.05, 4.69) is 28.9 Å². The van der Waals surface area contributed by atoms with Crippen LogP contribution < -0.4 is 16.4 Å². The third kappa shape index (κ3) is 4.35. The topological polar surface area (TPSA) is 117 Å². The quantitative estimate of drug-likeness (QED) is 0.562. The Hall–Kier alpha value is -3.21. The second-order valence-corrected chi connectivity index (χ2v) is 7.79. The Bertz CT molecular complexity index is 1030. The number of hydrazine groups is 1. The Morgan fingerprint density at radius 1 is 1.13 bits per heavy atom. The zero-order chi connectivity index (χ0) is 21.6. The second kappa shape index (κ2) is 9.53. The van der Waals surface area contributed by atoms with Crippen molar-refractivity contribution in [3.63, 3.8) is 0 Å². The van der Waals surface area contributed by atoms with E-state index < -0.39 is 17.2 Å². The predicted octanol–water partition coefficient (Wildman–Crippen LogP) is 2.82. The van der Waals surface area contributed by atoms with Gasteiger partial charge in [0, 0.05) is 11.9 Å². The van der Waals surface area contributed by atoms with Crippen LogP contribution in [0, 0.1) is 16.7 Å². The molecule has 0 unspecified atom stereocenters. The molecule has 8 heteroatoms. The first-order valence-corrected chi connectivity index (χ1v) is 10.5. The Balaban J connectivity index is 1.83. The molecule has 0 atom stereocenters. The molecule has 2 aromatic rings. The number of rotatable bonds is 6. The minimum Gasteiger partial charge on any atom is -0.271 e. The molecule has 1 aromatic heterocycles. The van der Waals surface area contributed by atoms with Crippen molar-refractivity contribution in [3.05, 3.63) is 40.3 Å². The SMILES string of the molecule is CCCCCn1nc(C(=O)NNC(=O)C2(C#N)CCCCC2)c2ccccc2c1=O. The molecule has 30 heavy (non-hydrogen) atoms. The van der Waals surface area contributed by atoms with E-state index in [0.717, 1.165) is 38.5 Å². The van der Waals surface area contributed by atoms with Crippen LogP contribution in [0.5, 0.6) is 0 Å². The van der Waals surface area contributed by atoms with Crippen LogP contribution in [0.4, 0.5) is 0 Å². The lowest BCUT2D eigenvalue weighted by atomic mass is 9.75. The normalized spacial score (nSPS) is 15.3. The minimum atomic E-state index is -1.11. The number of nitrogens with zero attached hydrogens (tertiary/aromatic N) is 3. The lowest BCUT2D eigenvalue weighted by Gasteiger charge is -2.29. The molecule has 0 aliphatic heterocycles. The summed E-state index contributed by atoms with van der Waals surface area (Å²) >= 11 is 0. The fourth-order valence-corrected chi connectivity index (χ4v) is 3.90. The molecule has 158 valence electrons. The van der Waals surface area contributed by atoms with Crippen LogP contribution in [0.2, 0.25) is 0 Å². The number of carbonyl (C=O) groups excluding carboxylic acids is 2. The van der Waals surface area contributed by atoms with Gasteiger partial charge in [0.2, 0.25) is 0 Å². The van der Waals surface area contributed by atoms with Gasteiger partial charge in [0.05, 0.1) is 11.5 Å². The van der Waals surface area contributed by atoms with E-state index in [9.17, 15) is 19.6 Å². The number of benzene rings is 1. The Morgan fingerprint density at radius 3 is 2.50 bits per heavy atom. The first kappa shape index (κ1) is 21.5. The molecule has 2 amide bonds. The fourth-order valence-electron chi connectivity index (χ4n) is 3.90. The van der Waals surface area contributed by atoms with Crippen molar-refractivity contribution in [2.24, 2.45) is 5.41 Å². The second-order valence-electron chi connectivity index (χ2n) is 7.79. The van der Waals surface area contributed by atoms with Crippen LogP contribution in [0.25, 0.3) is 10.8 Å². The molecule has 1 saturated carbocycles. The lowest BCUT2D eigenvalue weighted by molar-refractivity contribution is -0.130. The summed E-state index contributed by atoms with van der Waals surface area (Å²) in [5, 5.41) is 14.6. The van der Waals surface area contributed by atoms with Crippen LogP contribution in [0.1, 0.15) is 68.8 Å². The number of hydrogen-bond donors (Lipinski definition) is 2. The number of nitrogens with one attached hydrogen (secondary N) is 2. The van der Waals surface area contributed by atoms with Gasteiger partial charge >= 0.3 is 0 Å². The molecule has 1 aliphatic rings. The lowest BCUT2D eigenvalue weighted by Crippen LogP contribution is -2.50. The summed E-state index contributed by atoms with van der Waals surface area (Å²) in [5.41, 5.74) is 3.51. The average Bonchev–Trinajstić information content (AvgIpc) is 2.79. The van der Waals surface area contributed by atoms with Crippen molar-refractivity contribution in [1.82, 2.24) is 20.6 Å². The summed E-state index contributed by atoms with van der Waals surface area (Å²) in [6.07, 6.45) is 6.32. The molecule has 1 aromatic carbocycles. The number of nitriles is 1. The number of unbranched alkanes of at least 4 members (excludes halogenated alkanes) is 2. The zero-order valence-electron chi connectivity index (χ0n) is 17.2. The van der Waals surface area contributed by atoms with Gasteiger partial charge in [0.15, 0.2) is 5.69 Å². The largest absolute Gasteiger partial charge is 0.290 e. The standard InChI is InChI=1S/C22H27N5O3/c1-2-3-9-14-27-20(29)17-11-6-5-10-16(17)18(26-27)19(28)24-25-21(30)22(15-23)12-7-4-8-13-22/h5-6,10-11H,2-4,7-9,12-14H2,1H3,(H,24,28)(H,25,30). The van der Waals surface area contributed by atoms with Gasteiger partial charge in [-0.15, -0.1) is 0 Å².